The lowest BCUT2D eigenvalue weighted by Crippen LogP contribution is -2.44. The molecule has 29 heavy (non-hydrogen) atoms. The van der Waals surface area contributed by atoms with Crippen LogP contribution in [0.5, 0.6) is 0 Å². The molecule has 3 rings (SSSR count). The van der Waals surface area contributed by atoms with Crippen LogP contribution in [0.25, 0.3) is 0 Å². The Morgan fingerprint density at radius 3 is 2.48 bits per heavy atom. The van der Waals surface area contributed by atoms with Crippen molar-refractivity contribution >= 4 is 40.2 Å². The smallest absolute Gasteiger partial charge is 0.366 e. The van der Waals surface area contributed by atoms with E-state index in [9.17, 15) is 28.1 Å². The van der Waals surface area contributed by atoms with Crippen LogP contribution in [0.2, 0.25) is 5.02 Å². The summed E-state index contributed by atoms with van der Waals surface area (Å²) in [6, 6.07) is 4.96. The second kappa shape index (κ2) is 8.19. The van der Waals surface area contributed by atoms with Gasteiger partial charge in [-0.2, -0.15) is 13.2 Å². The molecule has 1 aliphatic rings. The number of nitrogens with one attached hydrogen (secondary N) is 1. The minimum Gasteiger partial charge on any atom is -0.366 e. The van der Waals surface area contributed by atoms with Gasteiger partial charge in [0.2, 0.25) is 0 Å². The number of benzene rings is 1. The van der Waals surface area contributed by atoms with Gasteiger partial charge in [0.1, 0.15) is 5.69 Å². The fraction of sp³-hybridized carbons (Fsp3) is 0.389. The molecule has 156 valence electrons. The van der Waals surface area contributed by atoms with Crippen LogP contribution in [-0.4, -0.2) is 30.0 Å². The van der Waals surface area contributed by atoms with E-state index in [1.54, 1.807) is 11.0 Å². The van der Waals surface area contributed by atoms with Gasteiger partial charge in [-0.1, -0.05) is 11.6 Å². The predicted octanol–water partition coefficient (Wildman–Crippen LogP) is 5.04. The number of piperidine rings is 1. The fourth-order valence-electron chi connectivity index (χ4n) is 3.25. The fourth-order valence-corrected chi connectivity index (χ4v) is 4.28. The molecule has 0 aliphatic carbocycles. The normalized spacial score (nSPS) is 15.4. The number of thiophene rings is 1. The Hall–Kier alpha value is -2.33. The molecular weight excluding hydrogens is 431 g/mol. The molecule has 0 spiro atoms. The molecule has 6 nitrogen and oxygen atoms in total. The number of aryl methyl sites for hydroxylation is 1. The van der Waals surface area contributed by atoms with Crippen LogP contribution in [-0.2, 0) is 6.18 Å². The summed E-state index contributed by atoms with van der Waals surface area (Å²) in [5.74, 6) is -0.176. The van der Waals surface area contributed by atoms with E-state index in [4.69, 9.17) is 11.6 Å². The average molecular weight is 448 g/mol. The first-order valence-electron chi connectivity index (χ1n) is 8.73. The summed E-state index contributed by atoms with van der Waals surface area (Å²) < 4.78 is 39.1. The van der Waals surface area contributed by atoms with E-state index in [-0.39, 0.29) is 17.6 Å². The first-order chi connectivity index (χ1) is 13.6. The molecular formula is C18H17ClF3N3O3S. The molecule has 0 atom stereocenters. The summed E-state index contributed by atoms with van der Waals surface area (Å²) in [6.07, 6.45) is -3.77. The number of carbonyl (C=O) groups is 1. The van der Waals surface area contributed by atoms with Crippen LogP contribution in [0.4, 0.5) is 24.5 Å². The summed E-state index contributed by atoms with van der Waals surface area (Å²) in [7, 11) is 0. The molecule has 0 saturated carbocycles. The second-order valence-corrected chi connectivity index (χ2v) is 8.42. The molecule has 1 fully saturated rings. The van der Waals surface area contributed by atoms with Gasteiger partial charge < -0.3 is 10.2 Å². The van der Waals surface area contributed by atoms with Crippen molar-refractivity contribution in [2.75, 3.05) is 18.0 Å². The average Bonchev–Trinajstić information content (AvgIpc) is 3.07. The van der Waals surface area contributed by atoms with Crippen molar-refractivity contribution in [3.8, 4) is 0 Å². The number of hydrogen-bond donors (Lipinski definition) is 1. The Kier molecular flexibility index (Phi) is 6.04. The van der Waals surface area contributed by atoms with Crippen LogP contribution in [0, 0.1) is 17.0 Å². The zero-order valence-electron chi connectivity index (χ0n) is 15.3. The summed E-state index contributed by atoms with van der Waals surface area (Å²) in [5, 5.41) is 13.7. The van der Waals surface area contributed by atoms with Crippen molar-refractivity contribution in [1.29, 1.82) is 0 Å². The maximum atomic E-state index is 13.0. The zero-order valence-corrected chi connectivity index (χ0v) is 16.8. The SMILES string of the molecule is Cc1ccc(C(=O)NC2CCN(c3cc(Cl)c(C(F)(F)F)cc3[N+](=O)[O-])CC2)s1. The van der Waals surface area contributed by atoms with Gasteiger partial charge in [-0.15, -0.1) is 11.3 Å². The molecule has 1 aliphatic heterocycles. The first-order valence-corrected chi connectivity index (χ1v) is 9.93. The third-order valence-electron chi connectivity index (χ3n) is 4.70. The Bertz CT molecular complexity index is 940. The molecule has 0 bridgehead atoms. The molecule has 1 saturated heterocycles. The Morgan fingerprint density at radius 1 is 1.31 bits per heavy atom. The summed E-state index contributed by atoms with van der Waals surface area (Å²) in [5.41, 5.74) is -1.83. The number of amides is 1. The highest BCUT2D eigenvalue weighted by Crippen LogP contribution is 2.42. The van der Waals surface area contributed by atoms with Crippen LogP contribution in [0.15, 0.2) is 24.3 Å². The summed E-state index contributed by atoms with van der Waals surface area (Å²) in [6.45, 7) is 2.59. The molecule has 0 unspecified atom stereocenters. The highest BCUT2D eigenvalue weighted by molar-refractivity contribution is 7.13. The second-order valence-electron chi connectivity index (χ2n) is 6.72. The molecule has 1 amide bonds. The quantitative estimate of drug-likeness (QED) is 0.526. The molecule has 11 heteroatoms. The van der Waals surface area contributed by atoms with Gasteiger partial charge in [-0.3, -0.25) is 14.9 Å². The predicted molar refractivity (Wildman–Crippen MR) is 105 cm³/mol. The zero-order chi connectivity index (χ0) is 21.3. The molecule has 0 radical (unpaired) electrons. The number of nitro groups is 1. The maximum Gasteiger partial charge on any atom is 0.418 e. The van der Waals surface area contributed by atoms with Crippen molar-refractivity contribution in [2.24, 2.45) is 0 Å². The Morgan fingerprint density at radius 2 is 1.97 bits per heavy atom. The number of nitro benzene ring substituents is 1. The number of anilines is 1. The molecule has 1 aromatic carbocycles. The highest BCUT2D eigenvalue weighted by atomic mass is 35.5. The third-order valence-corrected chi connectivity index (χ3v) is 6.01. The van der Waals surface area contributed by atoms with Crippen LogP contribution < -0.4 is 10.2 Å². The number of carbonyl (C=O) groups excluding carboxylic acids is 1. The number of hydrogen-bond acceptors (Lipinski definition) is 5. The van der Waals surface area contributed by atoms with Crippen LogP contribution in [0.1, 0.15) is 33.0 Å². The van der Waals surface area contributed by atoms with Crippen molar-refractivity contribution in [3.63, 3.8) is 0 Å². The topological polar surface area (TPSA) is 75.5 Å². The van der Waals surface area contributed by atoms with E-state index >= 15 is 0 Å². The van der Waals surface area contributed by atoms with Gasteiger partial charge in [0.25, 0.3) is 11.6 Å². The number of halogens is 4. The van der Waals surface area contributed by atoms with E-state index < -0.39 is 27.4 Å². The van der Waals surface area contributed by atoms with E-state index in [2.05, 4.69) is 5.32 Å². The van der Waals surface area contributed by atoms with Crippen molar-refractivity contribution < 1.29 is 22.9 Å². The Labute approximate surface area is 173 Å². The number of rotatable bonds is 4. The molecule has 1 N–H and O–H groups in total. The summed E-state index contributed by atoms with van der Waals surface area (Å²) >= 11 is 7.14. The van der Waals surface area contributed by atoms with Gasteiger partial charge in [0, 0.05) is 30.1 Å². The van der Waals surface area contributed by atoms with Crippen molar-refractivity contribution in [2.45, 2.75) is 32.0 Å². The van der Waals surface area contributed by atoms with Crippen molar-refractivity contribution in [1.82, 2.24) is 5.32 Å². The van der Waals surface area contributed by atoms with E-state index in [0.717, 1.165) is 10.9 Å². The lowest BCUT2D eigenvalue weighted by Gasteiger charge is -2.33. The first kappa shape index (κ1) is 21.4. The van der Waals surface area contributed by atoms with Crippen LogP contribution >= 0.6 is 22.9 Å². The van der Waals surface area contributed by atoms with E-state index in [1.807, 2.05) is 13.0 Å². The largest absolute Gasteiger partial charge is 0.418 e. The number of nitrogens with zero attached hydrogens (tertiary/aromatic N) is 2. The van der Waals surface area contributed by atoms with Gasteiger partial charge in [-0.25, -0.2) is 0 Å². The van der Waals surface area contributed by atoms with Crippen LogP contribution in [0.3, 0.4) is 0 Å². The lowest BCUT2D eigenvalue weighted by molar-refractivity contribution is -0.384. The molecule has 2 heterocycles. The monoisotopic (exact) mass is 447 g/mol. The van der Waals surface area contributed by atoms with E-state index in [0.29, 0.717) is 36.9 Å². The van der Waals surface area contributed by atoms with Gasteiger partial charge >= 0.3 is 6.18 Å². The van der Waals surface area contributed by atoms with Crippen molar-refractivity contribution in [3.05, 3.63) is 54.7 Å². The standard InChI is InChI=1S/C18H17ClF3N3O3S/c1-10-2-3-16(29-10)17(26)23-11-4-6-24(7-5-11)14-9-13(19)12(18(20,21)22)8-15(14)25(27)28/h2-3,8-9,11H,4-7H2,1H3,(H,23,26). The lowest BCUT2D eigenvalue weighted by atomic mass is 10.0. The number of alkyl halides is 3. The maximum absolute atomic E-state index is 13.0. The van der Waals surface area contributed by atoms with Gasteiger partial charge in [0.15, 0.2) is 0 Å². The third kappa shape index (κ3) is 4.81. The minimum absolute atomic E-state index is 0.0478. The summed E-state index contributed by atoms with van der Waals surface area (Å²) in [4.78, 5) is 26.0. The van der Waals surface area contributed by atoms with E-state index in [1.165, 1.54) is 11.3 Å². The highest BCUT2D eigenvalue weighted by Gasteiger charge is 2.37. The van der Waals surface area contributed by atoms with Gasteiger partial charge in [-0.05, 0) is 38.0 Å². The Balaban J connectivity index is 1.72. The molecule has 2 aromatic rings. The molecule has 1 aromatic heterocycles. The van der Waals surface area contributed by atoms with Gasteiger partial charge in [0.05, 0.1) is 20.4 Å². The minimum atomic E-state index is -4.78.